The molecule has 0 atom stereocenters. The lowest BCUT2D eigenvalue weighted by atomic mass is 9.88. The van der Waals surface area contributed by atoms with Crippen LogP contribution in [0.3, 0.4) is 0 Å². The average Bonchev–Trinajstić information content (AvgIpc) is 2.89. The highest BCUT2D eigenvalue weighted by molar-refractivity contribution is 5.93. The lowest BCUT2D eigenvalue weighted by Crippen LogP contribution is -2.37. The van der Waals surface area contributed by atoms with E-state index in [4.69, 9.17) is 9.47 Å². The molecule has 0 spiro atoms. The first-order chi connectivity index (χ1) is 17.2. The van der Waals surface area contributed by atoms with Crippen LogP contribution in [0.15, 0.2) is 78.9 Å². The lowest BCUT2D eigenvalue weighted by molar-refractivity contribution is 0.0358. The van der Waals surface area contributed by atoms with Gasteiger partial charge in [0, 0.05) is 19.6 Å². The Hall–Kier alpha value is -3.34. The Bertz CT molecular complexity index is 1280. The second-order valence-electron chi connectivity index (χ2n) is 9.29. The summed E-state index contributed by atoms with van der Waals surface area (Å²) in [7, 11) is 0. The van der Waals surface area contributed by atoms with E-state index in [-0.39, 0.29) is 0 Å². The molecule has 180 valence electrons. The highest BCUT2D eigenvalue weighted by atomic mass is 16.5. The second kappa shape index (κ2) is 10.9. The number of rotatable bonds is 8. The predicted octanol–water partition coefficient (Wildman–Crippen LogP) is 6.21. The fourth-order valence-corrected chi connectivity index (χ4v) is 4.91. The number of phenolic OH excluding ortho intramolecular Hbond substituents is 1. The molecule has 1 saturated heterocycles. The van der Waals surface area contributed by atoms with Crippen LogP contribution in [0, 0.1) is 6.92 Å². The number of hydrogen-bond acceptors (Lipinski definition) is 4. The van der Waals surface area contributed by atoms with Gasteiger partial charge in [0.1, 0.15) is 11.5 Å². The smallest absolute Gasteiger partial charge is 0.119 e. The van der Waals surface area contributed by atoms with Crippen LogP contribution in [0.5, 0.6) is 11.5 Å². The number of fused-ring (bicyclic) bond motifs is 1. The minimum absolute atomic E-state index is 0.294. The molecule has 0 unspecified atom stereocenters. The third-order valence-corrected chi connectivity index (χ3v) is 6.85. The first kappa shape index (κ1) is 23.4. The Morgan fingerprint density at radius 3 is 2.49 bits per heavy atom. The molecule has 4 nitrogen and oxygen atoms in total. The largest absolute Gasteiger partial charge is 0.508 e. The zero-order chi connectivity index (χ0) is 24.0. The minimum atomic E-state index is 0.294. The highest BCUT2D eigenvalue weighted by Gasteiger charge is 2.13. The second-order valence-corrected chi connectivity index (χ2v) is 9.29. The number of hydrogen-bond donors (Lipinski definition) is 1. The van der Waals surface area contributed by atoms with E-state index in [1.165, 1.54) is 33.2 Å². The topological polar surface area (TPSA) is 41.9 Å². The molecule has 0 radical (unpaired) electrons. The van der Waals surface area contributed by atoms with Crippen LogP contribution in [0.4, 0.5) is 0 Å². The molecular weight excluding hydrogens is 434 g/mol. The minimum Gasteiger partial charge on any atom is -0.508 e. The van der Waals surface area contributed by atoms with Crippen LogP contribution < -0.4 is 4.74 Å². The average molecular weight is 468 g/mol. The summed E-state index contributed by atoms with van der Waals surface area (Å²) in [5, 5.41) is 12.2. The van der Waals surface area contributed by atoms with Crippen LogP contribution >= 0.6 is 0 Å². The molecule has 35 heavy (non-hydrogen) atoms. The summed E-state index contributed by atoms with van der Waals surface area (Å²) in [5.41, 5.74) is 6.26. The van der Waals surface area contributed by atoms with Crippen LogP contribution in [-0.4, -0.2) is 49.5 Å². The van der Waals surface area contributed by atoms with E-state index in [0.29, 0.717) is 5.75 Å². The van der Waals surface area contributed by atoms with Gasteiger partial charge in [-0.05, 0) is 82.6 Å². The summed E-state index contributed by atoms with van der Waals surface area (Å²) in [6.45, 7) is 7.66. The molecule has 4 aromatic rings. The Morgan fingerprint density at radius 2 is 1.69 bits per heavy atom. The van der Waals surface area contributed by atoms with Crippen molar-refractivity contribution in [3.8, 4) is 22.6 Å². The van der Waals surface area contributed by atoms with Crippen molar-refractivity contribution in [2.45, 2.75) is 19.8 Å². The van der Waals surface area contributed by atoms with Gasteiger partial charge in [-0.2, -0.15) is 0 Å². The summed E-state index contributed by atoms with van der Waals surface area (Å²) < 4.78 is 11.4. The van der Waals surface area contributed by atoms with Gasteiger partial charge in [-0.25, -0.2) is 0 Å². The molecular formula is C31H33NO3. The lowest BCUT2D eigenvalue weighted by Gasteiger charge is -2.26. The Balaban J connectivity index is 1.33. The van der Waals surface area contributed by atoms with Gasteiger partial charge < -0.3 is 14.6 Å². The van der Waals surface area contributed by atoms with Crippen LogP contribution in [0.1, 0.15) is 23.1 Å². The molecule has 5 rings (SSSR count). The zero-order valence-corrected chi connectivity index (χ0v) is 20.4. The van der Waals surface area contributed by atoms with Gasteiger partial charge in [-0.15, -0.1) is 0 Å². The third kappa shape index (κ3) is 5.67. The maximum atomic E-state index is 10.0. The van der Waals surface area contributed by atoms with Crippen molar-refractivity contribution >= 4 is 10.8 Å². The number of ether oxygens (including phenoxy) is 2. The summed E-state index contributed by atoms with van der Waals surface area (Å²) >= 11 is 0. The molecule has 1 heterocycles. The van der Waals surface area contributed by atoms with Crippen molar-refractivity contribution < 1.29 is 14.6 Å². The van der Waals surface area contributed by atoms with Crippen LogP contribution in [-0.2, 0) is 11.2 Å². The molecule has 4 heteroatoms. The number of nitrogens with zero attached hydrogens (tertiary/aromatic N) is 1. The quantitative estimate of drug-likeness (QED) is 0.313. The first-order valence-electron chi connectivity index (χ1n) is 12.5. The molecule has 1 aliphatic rings. The van der Waals surface area contributed by atoms with Crippen molar-refractivity contribution in [3.05, 3.63) is 95.6 Å². The van der Waals surface area contributed by atoms with E-state index < -0.39 is 0 Å². The van der Waals surface area contributed by atoms with Crippen molar-refractivity contribution in [2.75, 3.05) is 39.5 Å². The number of aromatic hydroxyl groups is 1. The molecule has 1 fully saturated rings. The van der Waals surface area contributed by atoms with Gasteiger partial charge in [0.15, 0.2) is 0 Å². The third-order valence-electron chi connectivity index (χ3n) is 6.85. The monoisotopic (exact) mass is 467 g/mol. The number of aryl methyl sites for hydroxylation is 1. The normalized spacial score (nSPS) is 14.3. The van der Waals surface area contributed by atoms with E-state index in [1.54, 1.807) is 6.07 Å². The number of benzene rings is 4. The molecule has 0 aromatic heterocycles. The van der Waals surface area contributed by atoms with Gasteiger partial charge in [0.05, 0.1) is 19.8 Å². The van der Waals surface area contributed by atoms with Crippen molar-refractivity contribution in [2.24, 2.45) is 0 Å². The zero-order valence-electron chi connectivity index (χ0n) is 20.4. The van der Waals surface area contributed by atoms with E-state index in [0.717, 1.165) is 63.4 Å². The molecule has 4 aromatic carbocycles. The fraction of sp³-hybridized carbons (Fsp3) is 0.290. The van der Waals surface area contributed by atoms with Crippen molar-refractivity contribution in [3.63, 3.8) is 0 Å². The standard InChI is InChI=1S/C31H33NO3/c1-23-5-2-3-6-28(23)30-13-9-25-22-26(33)10-14-29(25)31(30)21-24-7-11-27(12-8-24)35-18-4-15-32-16-19-34-20-17-32/h2-3,5-14,22,33H,4,15-21H2,1H3. The summed E-state index contributed by atoms with van der Waals surface area (Å²) in [4.78, 5) is 2.44. The molecule has 1 N–H and O–H groups in total. The summed E-state index contributed by atoms with van der Waals surface area (Å²) in [6.07, 6.45) is 1.83. The molecule has 0 aliphatic carbocycles. The van der Waals surface area contributed by atoms with E-state index in [1.807, 2.05) is 12.1 Å². The van der Waals surface area contributed by atoms with E-state index in [2.05, 4.69) is 72.5 Å². The highest BCUT2D eigenvalue weighted by Crippen LogP contribution is 2.35. The maximum absolute atomic E-state index is 10.0. The van der Waals surface area contributed by atoms with Crippen LogP contribution in [0.2, 0.25) is 0 Å². The first-order valence-corrected chi connectivity index (χ1v) is 12.5. The Morgan fingerprint density at radius 1 is 0.886 bits per heavy atom. The van der Waals surface area contributed by atoms with Crippen LogP contribution in [0.25, 0.3) is 21.9 Å². The Labute approximate surface area is 207 Å². The maximum Gasteiger partial charge on any atom is 0.119 e. The molecule has 1 aliphatic heterocycles. The van der Waals surface area contributed by atoms with Gasteiger partial charge in [0.2, 0.25) is 0 Å². The Kier molecular flexibility index (Phi) is 7.31. The molecule has 0 saturated carbocycles. The predicted molar refractivity (Wildman–Crippen MR) is 142 cm³/mol. The summed E-state index contributed by atoms with van der Waals surface area (Å²) in [6, 6.07) is 27.0. The summed E-state index contributed by atoms with van der Waals surface area (Å²) in [5.74, 6) is 1.21. The SMILES string of the molecule is Cc1ccccc1-c1ccc2cc(O)ccc2c1Cc1ccc(OCCCN2CCOCC2)cc1. The van der Waals surface area contributed by atoms with Gasteiger partial charge in [-0.3, -0.25) is 4.90 Å². The van der Waals surface area contributed by atoms with Crippen molar-refractivity contribution in [1.29, 1.82) is 0 Å². The van der Waals surface area contributed by atoms with Gasteiger partial charge in [-0.1, -0.05) is 54.6 Å². The van der Waals surface area contributed by atoms with Gasteiger partial charge >= 0.3 is 0 Å². The molecule has 0 amide bonds. The van der Waals surface area contributed by atoms with Gasteiger partial charge in [0.25, 0.3) is 0 Å². The number of morpholine rings is 1. The van der Waals surface area contributed by atoms with Crippen molar-refractivity contribution in [1.82, 2.24) is 4.90 Å². The number of phenols is 1. The molecule has 0 bridgehead atoms. The van der Waals surface area contributed by atoms with E-state index in [9.17, 15) is 5.11 Å². The fourth-order valence-electron chi connectivity index (χ4n) is 4.91. The van der Waals surface area contributed by atoms with E-state index >= 15 is 0 Å².